The second kappa shape index (κ2) is 10.1. The van der Waals surface area contributed by atoms with E-state index in [1.807, 2.05) is 0 Å². The van der Waals surface area contributed by atoms with Gasteiger partial charge in [0.2, 0.25) is 5.82 Å². The fourth-order valence-corrected chi connectivity index (χ4v) is 3.99. The Balaban J connectivity index is 1.35. The van der Waals surface area contributed by atoms with Gasteiger partial charge >= 0.3 is 0 Å². The van der Waals surface area contributed by atoms with E-state index in [1.54, 1.807) is 42.3 Å². The summed E-state index contributed by atoms with van der Waals surface area (Å²) in [6.45, 7) is -0.177. The molecule has 0 radical (unpaired) electrons. The van der Waals surface area contributed by atoms with Crippen LogP contribution >= 0.6 is 11.6 Å². The van der Waals surface area contributed by atoms with Crippen molar-refractivity contribution in [3.63, 3.8) is 0 Å². The van der Waals surface area contributed by atoms with Crippen LogP contribution in [0.15, 0.2) is 55.0 Å². The smallest absolute Gasteiger partial charge is 0.289 e. The molecular formula is C25H19ClF2N6O4. The van der Waals surface area contributed by atoms with Gasteiger partial charge in [0, 0.05) is 25.7 Å². The van der Waals surface area contributed by atoms with Crippen LogP contribution < -0.4 is 19.7 Å². The summed E-state index contributed by atoms with van der Waals surface area (Å²) in [7, 11) is 3.29. The quantitative estimate of drug-likeness (QED) is 0.410. The molecule has 10 nitrogen and oxygen atoms in total. The highest BCUT2D eigenvalue weighted by Gasteiger charge is 2.32. The molecule has 1 atom stereocenters. The molecule has 2 amide bonds. The molecule has 2 aromatic carbocycles. The second-order valence-electron chi connectivity index (χ2n) is 8.33. The van der Waals surface area contributed by atoms with Crippen LogP contribution in [0.1, 0.15) is 10.6 Å². The molecule has 1 aliphatic heterocycles. The molecule has 38 heavy (non-hydrogen) atoms. The lowest BCUT2D eigenvalue weighted by molar-refractivity contribution is -0.120. The van der Waals surface area contributed by atoms with E-state index in [4.69, 9.17) is 21.1 Å². The molecule has 0 fully saturated rings. The Hall–Kier alpha value is -4.58. The van der Waals surface area contributed by atoms with Gasteiger partial charge in [-0.2, -0.15) is 5.10 Å². The third kappa shape index (κ3) is 4.98. The molecule has 0 spiro atoms. The molecule has 0 saturated carbocycles. The van der Waals surface area contributed by atoms with Crippen LogP contribution in [0.5, 0.6) is 17.2 Å². The molecule has 0 aliphatic carbocycles. The molecule has 0 bridgehead atoms. The Morgan fingerprint density at radius 2 is 1.97 bits per heavy atom. The van der Waals surface area contributed by atoms with E-state index in [0.717, 1.165) is 24.4 Å². The van der Waals surface area contributed by atoms with Gasteiger partial charge in [0.25, 0.3) is 11.8 Å². The van der Waals surface area contributed by atoms with Crippen molar-refractivity contribution in [3.8, 4) is 28.5 Å². The number of halogens is 3. The second-order valence-corrected chi connectivity index (χ2v) is 8.74. The Bertz CT molecular complexity index is 1560. The van der Waals surface area contributed by atoms with Gasteiger partial charge in [0.15, 0.2) is 5.75 Å². The number of fused-ring (bicyclic) bond motifs is 1. The molecule has 194 valence electrons. The van der Waals surface area contributed by atoms with Crippen molar-refractivity contribution in [2.24, 2.45) is 7.05 Å². The van der Waals surface area contributed by atoms with Crippen molar-refractivity contribution in [2.45, 2.75) is 6.04 Å². The number of aryl methyl sites for hydroxylation is 1. The number of ether oxygens (including phenoxy) is 2. The minimum Gasteiger partial charge on any atom is -0.489 e. The predicted molar refractivity (Wildman–Crippen MR) is 132 cm³/mol. The molecule has 4 aromatic rings. The van der Waals surface area contributed by atoms with Gasteiger partial charge in [-0.05, 0) is 30.3 Å². The van der Waals surface area contributed by atoms with E-state index in [9.17, 15) is 18.4 Å². The molecule has 13 heteroatoms. The lowest BCUT2D eigenvalue weighted by atomic mass is 10.1. The van der Waals surface area contributed by atoms with Crippen molar-refractivity contribution in [1.29, 1.82) is 0 Å². The summed E-state index contributed by atoms with van der Waals surface area (Å²) in [4.78, 5) is 35.4. The largest absolute Gasteiger partial charge is 0.489 e. The fraction of sp³-hybridized carbons (Fsp3) is 0.160. The predicted octanol–water partition coefficient (Wildman–Crippen LogP) is 3.75. The van der Waals surface area contributed by atoms with Gasteiger partial charge in [-0.25, -0.2) is 18.7 Å². The highest BCUT2D eigenvalue weighted by atomic mass is 35.5. The number of carbonyl (C=O) groups excluding carboxylic acids is 2. The summed E-state index contributed by atoms with van der Waals surface area (Å²) in [5.41, 5.74) is 0.0255. The number of hydrogen-bond acceptors (Lipinski definition) is 7. The van der Waals surface area contributed by atoms with Gasteiger partial charge in [-0.15, -0.1) is 0 Å². The SMILES string of the molecule is CN1C(=O)C(NC(=O)c2ncc(Cl)c(-c3cc(F)ccc3F)n2)COc2ccc(Oc3cnn(C)c3)cc21. The van der Waals surface area contributed by atoms with E-state index >= 15 is 0 Å². The Morgan fingerprint density at radius 3 is 2.74 bits per heavy atom. The summed E-state index contributed by atoms with van der Waals surface area (Å²) in [5, 5.41) is 6.50. The summed E-state index contributed by atoms with van der Waals surface area (Å²) < 4.78 is 41.2. The van der Waals surface area contributed by atoms with Gasteiger partial charge < -0.3 is 19.7 Å². The average molecular weight is 541 g/mol. The first-order valence-electron chi connectivity index (χ1n) is 11.2. The van der Waals surface area contributed by atoms with Crippen LogP contribution in [0, 0.1) is 11.6 Å². The number of hydrogen-bond donors (Lipinski definition) is 1. The summed E-state index contributed by atoms with van der Waals surface area (Å²) >= 11 is 6.09. The van der Waals surface area contributed by atoms with Crippen LogP contribution in [0.25, 0.3) is 11.3 Å². The monoisotopic (exact) mass is 540 g/mol. The number of aromatic nitrogens is 4. The summed E-state index contributed by atoms with van der Waals surface area (Å²) in [6.07, 6.45) is 4.34. The van der Waals surface area contributed by atoms with E-state index in [1.165, 1.54) is 11.9 Å². The molecule has 1 N–H and O–H groups in total. The normalized spacial score (nSPS) is 14.9. The number of likely N-dealkylation sites (N-methyl/N-ethyl adjacent to an activating group) is 1. The number of nitrogens with zero attached hydrogens (tertiary/aromatic N) is 5. The van der Waals surface area contributed by atoms with Crippen molar-refractivity contribution < 1.29 is 27.8 Å². The molecule has 3 heterocycles. The molecular weight excluding hydrogens is 522 g/mol. The Kier molecular flexibility index (Phi) is 6.64. The van der Waals surface area contributed by atoms with Gasteiger partial charge in [-0.3, -0.25) is 14.3 Å². The maximum atomic E-state index is 14.3. The zero-order chi connectivity index (χ0) is 27.0. The highest BCUT2D eigenvalue weighted by molar-refractivity contribution is 6.33. The summed E-state index contributed by atoms with van der Waals surface area (Å²) in [5.74, 6) is -1.81. The van der Waals surface area contributed by atoms with Gasteiger partial charge in [0.1, 0.15) is 35.8 Å². The van der Waals surface area contributed by atoms with Crippen molar-refractivity contribution in [3.05, 3.63) is 77.5 Å². The number of anilines is 1. The van der Waals surface area contributed by atoms with E-state index in [2.05, 4.69) is 20.4 Å². The third-order valence-corrected chi connectivity index (χ3v) is 5.96. The fourth-order valence-electron chi connectivity index (χ4n) is 3.80. The number of amides is 2. The van der Waals surface area contributed by atoms with Gasteiger partial charge in [0.05, 0.1) is 35.0 Å². The number of nitrogens with one attached hydrogen (secondary N) is 1. The maximum absolute atomic E-state index is 14.3. The lowest BCUT2D eigenvalue weighted by Gasteiger charge is -2.20. The van der Waals surface area contributed by atoms with E-state index < -0.39 is 35.3 Å². The van der Waals surface area contributed by atoms with E-state index in [0.29, 0.717) is 22.9 Å². The third-order valence-electron chi connectivity index (χ3n) is 5.68. The van der Waals surface area contributed by atoms with Crippen molar-refractivity contribution in [2.75, 3.05) is 18.6 Å². The topological polar surface area (TPSA) is 111 Å². The maximum Gasteiger partial charge on any atom is 0.289 e. The number of carbonyl (C=O) groups is 2. The molecule has 1 aliphatic rings. The minimum absolute atomic E-state index is 0.0839. The number of rotatable bonds is 5. The van der Waals surface area contributed by atoms with E-state index in [-0.39, 0.29) is 22.9 Å². The minimum atomic E-state index is -1.10. The molecule has 2 aromatic heterocycles. The van der Waals surface area contributed by atoms with Gasteiger partial charge in [-0.1, -0.05) is 11.6 Å². The lowest BCUT2D eigenvalue weighted by Crippen LogP contribution is -2.49. The zero-order valence-electron chi connectivity index (χ0n) is 20.0. The first-order chi connectivity index (χ1) is 18.2. The van der Waals surface area contributed by atoms with Crippen LogP contribution in [-0.2, 0) is 11.8 Å². The van der Waals surface area contributed by atoms with Crippen LogP contribution in [0.2, 0.25) is 5.02 Å². The first kappa shape index (κ1) is 25.1. The van der Waals surface area contributed by atoms with Crippen molar-refractivity contribution in [1.82, 2.24) is 25.1 Å². The average Bonchev–Trinajstić information content (AvgIpc) is 3.27. The van der Waals surface area contributed by atoms with Crippen LogP contribution in [0.4, 0.5) is 14.5 Å². The Morgan fingerprint density at radius 1 is 1.16 bits per heavy atom. The first-order valence-corrected chi connectivity index (χ1v) is 11.6. The summed E-state index contributed by atoms with van der Waals surface area (Å²) in [6, 6.07) is 6.64. The van der Waals surface area contributed by atoms with Crippen LogP contribution in [0.3, 0.4) is 0 Å². The molecule has 1 unspecified atom stereocenters. The standard InChI is InChI=1S/C25H19ClF2N6O4/c1-33-11-15(9-30-33)38-14-4-6-21-20(8-14)34(2)25(36)19(12-37-21)31-24(35)23-29-10-17(26)22(32-23)16-7-13(27)3-5-18(16)28/h3-11,19H,12H2,1-2H3,(H,31,35). The van der Waals surface area contributed by atoms with Crippen molar-refractivity contribution >= 4 is 29.1 Å². The zero-order valence-corrected chi connectivity index (χ0v) is 20.7. The van der Waals surface area contributed by atoms with Crippen LogP contribution in [-0.4, -0.2) is 51.3 Å². The Labute approximate surface area is 219 Å². The molecule has 0 saturated heterocycles. The number of benzene rings is 2. The highest BCUT2D eigenvalue weighted by Crippen LogP contribution is 2.36. The molecule has 5 rings (SSSR count).